The van der Waals surface area contributed by atoms with E-state index in [4.69, 9.17) is 14.6 Å². The van der Waals surface area contributed by atoms with Gasteiger partial charge in [-0.2, -0.15) is 0 Å². The molecule has 7 heteroatoms. The van der Waals surface area contributed by atoms with Gasteiger partial charge in [-0.15, -0.1) is 0 Å². The first kappa shape index (κ1) is 18.5. The lowest BCUT2D eigenvalue weighted by Gasteiger charge is -2.35. The number of aliphatic hydroxyl groups excluding tert-OH is 1. The van der Waals surface area contributed by atoms with Crippen molar-refractivity contribution in [2.24, 2.45) is 0 Å². The third-order valence-electron chi connectivity index (χ3n) is 3.66. The molecule has 24 heavy (non-hydrogen) atoms. The van der Waals surface area contributed by atoms with Crippen LogP contribution in [-0.2, 0) is 11.3 Å². The number of carbonyl (C=O) groups excluding carboxylic acids is 1. The van der Waals surface area contributed by atoms with Crippen LogP contribution in [0.2, 0.25) is 0 Å². The molecule has 1 aromatic rings. The number of rotatable bonds is 5. The van der Waals surface area contributed by atoms with Crippen LogP contribution in [-0.4, -0.2) is 70.9 Å². The van der Waals surface area contributed by atoms with Crippen molar-refractivity contribution in [3.8, 4) is 5.75 Å². The summed E-state index contributed by atoms with van der Waals surface area (Å²) in [6.45, 7) is 9.87. The summed E-state index contributed by atoms with van der Waals surface area (Å²) >= 11 is 0. The van der Waals surface area contributed by atoms with E-state index < -0.39 is 5.60 Å². The summed E-state index contributed by atoms with van der Waals surface area (Å²) in [5.41, 5.74) is 0.169. The Morgan fingerprint density at radius 1 is 1.25 bits per heavy atom. The second-order valence-corrected chi connectivity index (χ2v) is 6.80. The Labute approximate surface area is 143 Å². The van der Waals surface area contributed by atoms with Crippen molar-refractivity contribution >= 4 is 6.09 Å². The molecule has 7 nitrogen and oxygen atoms in total. The zero-order valence-electron chi connectivity index (χ0n) is 14.7. The van der Waals surface area contributed by atoms with Crippen LogP contribution in [0.4, 0.5) is 4.79 Å². The molecule has 0 radical (unpaired) electrons. The van der Waals surface area contributed by atoms with Crippen molar-refractivity contribution < 1.29 is 19.4 Å². The molecule has 1 N–H and O–H groups in total. The Kier molecular flexibility index (Phi) is 6.39. The van der Waals surface area contributed by atoms with Gasteiger partial charge in [-0.1, -0.05) is 0 Å². The van der Waals surface area contributed by atoms with Crippen molar-refractivity contribution in [1.82, 2.24) is 14.8 Å². The number of hydrogen-bond acceptors (Lipinski definition) is 6. The number of pyridine rings is 1. The molecule has 1 aliphatic heterocycles. The fourth-order valence-electron chi connectivity index (χ4n) is 2.36. The lowest BCUT2D eigenvalue weighted by molar-refractivity contribution is 0.0137. The molecule has 0 saturated carbocycles. The van der Waals surface area contributed by atoms with Gasteiger partial charge in [-0.05, 0) is 32.9 Å². The number of hydrogen-bond donors (Lipinski definition) is 1. The molecule has 1 saturated heterocycles. The van der Waals surface area contributed by atoms with E-state index in [1.807, 2.05) is 20.8 Å². The molecule has 1 aliphatic rings. The van der Waals surface area contributed by atoms with Gasteiger partial charge < -0.3 is 19.5 Å². The third-order valence-corrected chi connectivity index (χ3v) is 3.66. The molecule has 0 aromatic carbocycles. The van der Waals surface area contributed by atoms with Crippen LogP contribution in [0.25, 0.3) is 0 Å². The minimum Gasteiger partial charge on any atom is -0.491 e. The summed E-state index contributed by atoms with van der Waals surface area (Å²) in [5, 5.41) is 8.95. The van der Waals surface area contributed by atoms with E-state index in [-0.39, 0.29) is 12.7 Å². The number of nitrogens with zero attached hydrogens (tertiary/aromatic N) is 3. The predicted octanol–water partition coefficient (Wildman–Crippen LogP) is 1.51. The van der Waals surface area contributed by atoms with Crippen LogP contribution in [0, 0.1) is 0 Å². The number of amides is 1. The largest absolute Gasteiger partial charge is 0.491 e. The van der Waals surface area contributed by atoms with Gasteiger partial charge in [0.1, 0.15) is 18.0 Å². The molecule has 2 heterocycles. The van der Waals surface area contributed by atoms with Crippen LogP contribution in [0.1, 0.15) is 26.5 Å². The quantitative estimate of drug-likeness (QED) is 0.878. The zero-order valence-corrected chi connectivity index (χ0v) is 14.7. The molecular formula is C17H27N3O4. The number of ether oxygens (including phenoxy) is 2. The highest BCUT2D eigenvalue weighted by Crippen LogP contribution is 2.12. The summed E-state index contributed by atoms with van der Waals surface area (Å²) in [6, 6.07) is 3.55. The SMILES string of the molecule is CC(C)(C)OC(=O)N1CCN(CCOc2ccc(CO)nc2)CC1. The fraction of sp³-hybridized carbons (Fsp3) is 0.647. The summed E-state index contributed by atoms with van der Waals surface area (Å²) in [7, 11) is 0. The minimum absolute atomic E-state index is 0.0673. The van der Waals surface area contributed by atoms with E-state index in [9.17, 15) is 4.79 Å². The van der Waals surface area contributed by atoms with Crippen LogP contribution in [0.15, 0.2) is 18.3 Å². The van der Waals surface area contributed by atoms with Gasteiger partial charge in [-0.3, -0.25) is 9.88 Å². The first-order chi connectivity index (χ1) is 11.4. The second kappa shape index (κ2) is 8.30. The summed E-state index contributed by atoms with van der Waals surface area (Å²) in [5.74, 6) is 0.694. The highest BCUT2D eigenvalue weighted by molar-refractivity contribution is 5.68. The van der Waals surface area contributed by atoms with Crippen molar-refractivity contribution in [3.63, 3.8) is 0 Å². The predicted molar refractivity (Wildman–Crippen MR) is 89.9 cm³/mol. The number of aliphatic hydroxyl groups is 1. The highest BCUT2D eigenvalue weighted by Gasteiger charge is 2.25. The standard InChI is InChI=1S/C17H27N3O4/c1-17(2,3)24-16(22)20-8-6-19(7-9-20)10-11-23-15-5-4-14(13-21)18-12-15/h4-5,12,21H,6-11,13H2,1-3H3. The van der Waals surface area contributed by atoms with Crippen molar-refractivity contribution in [3.05, 3.63) is 24.0 Å². The molecule has 1 fully saturated rings. The Balaban J connectivity index is 1.66. The van der Waals surface area contributed by atoms with Gasteiger partial charge in [0.2, 0.25) is 0 Å². The number of aromatic nitrogens is 1. The van der Waals surface area contributed by atoms with Gasteiger partial charge in [0, 0.05) is 32.7 Å². The normalized spacial score (nSPS) is 16.1. The van der Waals surface area contributed by atoms with Crippen molar-refractivity contribution in [1.29, 1.82) is 0 Å². The summed E-state index contributed by atoms with van der Waals surface area (Å²) in [4.78, 5) is 20.1. The summed E-state index contributed by atoms with van der Waals surface area (Å²) in [6.07, 6.45) is 1.37. The van der Waals surface area contributed by atoms with Gasteiger partial charge >= 0.3 is 6.09 Å². The van der Waals surface area contributed by atoms with E-state index >= 15 is 0 Å². The zero-order chi connectivity index (χ0) is 17.6. The van der Waals surface area contributed by atoms with Crippen LogP contribution < -0.4 is 4.74 Å². The van der Waals surface area contributed by atoms with Gasteiger partial charge in [-0.25, -0.2) is 4.79 Å². The molecule has 0 unspecified atom stereocenters. The van der Waals surface area contributed by atoms with Crippen molar-refractivity contribution in [2.45, 2.75) is 33.0 Å². The third kappa shape index (κ3) is 5.98. The average molecular weight is 337 g/mol. The lowest BCUT2D eigenvalue weighted by Crippen LogP contribution is -2.50. The Hall–Kier alpha value is -1.86. The van der Waals surface area contributed by atoms with Gasteiger partial charge in [0.15, 0.2) is 0 Å². The maximum atomic E-state index is 12.0. The van der Waals surface area contributed by atoms with Crippen molar-refractivity contribution in [2.75, 3.05) is 39.3 Å². The van der Waals surface area contributed by atoms with Crippen LogP contribution >= 0.6 is 0 Å². The molecular weight excluding hydrogens is 310 g/mol. The van der Waals surface area contributed by atoms with Crippen LogP contribution in [0.5, 0.6) is 5.75 Å². The first-order valence-corrected chi connectivity index (χ1v) is 8.26. The highest BCUT2D eigenvalue weighted by atomic mass is 16.6. The summed E-state index contributed by atoms with van der Waals surface area (Å²) < 4.78 is 11.0. The van der Waals surface area contributed by atoms with E-state index in [1.165, 1.54) is 0 Å². The average Bonchev–Trinajstić information content (AvgIpc) is 2.54. The minimum atomic E-state index is -0.457. The first-order valence-electron chi connectivity index (χ1n) is 8.26. The smallest absolute Gasteiger partial charge is 0.410 e. The van der Waals surface area contributed by atoms with E-state index in [0.717, 1.165) is 19.6 Å². The van der Waals surface area contributed by atoms with E-state index in [1.54, 1.807) is 23.2 Å². The topological polar surface area (TPSA) is 75.1 Å². The molecule has 1 aromatic heterocycles. The van der Waals surface area contributed by atoms with E-state index in [2.05, 4.69) is 9.88 Å². The Bertz CT molecular complexity index is 520. The molecule has 0 atom stereocenters. The van der Waals surface area contributed by atoms with Gasteiger partial charge in [0.05, 0.1) is 18.5 Å². The Morgan fingerprint density at radius 3 is 2.50 bits per heavy atom. The molecule has 1 amide bonds. The maximum absolute atomic E-state index is 12.0. The fourth-order valence-corrected chi connectivity index (χ4v) is 2.36. The second-order valence-electron chi connectivity index (χ2n) is 6.80. The maximum Gasteiger partial charge on any atom is 0.410 e. The molecule has 0 spiro atoms. The molecule has 134 valence electrons. The van der Waals surface area contributed by atoms with Gasteiger partial charge in [0.25, 0.3) is 0 Å². The van der Waals surface area contributed by atoms with E-state index in [0.29, 0.717) is 31.1 Å². The molecule has 2 rings (SSSR count). The monoisotopic (exact) mass is 337 g/mol. The Morgan fingerprint density at radius 2 is 1.96 bits per heavy atom. The lowest BCUT2D eigenvalue weighted by atomic mass is 10.2. The molecule has 0 aliphatic carbocycles. The van der Waals surface area contributed by atoms with Crippen LogP contribution in [0.3, 0.4) is 0 Å². The number of piperazine rings is 1. The number of carbonyl (C=O) groups is 1. The molecule has 0 bridgehead atoms.